The highest BCUT2D eigenvalue weighted by molar-refractivity contribution is 7.95. The first kappa shape index (κ1) is 36.0. The topological polar surface area (TPSA) is 253 Å². The van der Waals surface area contributed by atoms with Gasteiger partial charge in [-0.1, -0.05) is 5.04 Å². The molecule has 0 saturated heterocycles. The molecule has 3 rings (SSSR count). The molecule has 0 saturated carbocycles. The highest BCUT2D eigenvalue weighted by Crippen LogP contribution is 2.34. The summed E-state index contributed by atoms with van der Waals surface area (Å²) in [5, 5.41) is 23.0. The summed E-state index contributed by atoms with van der Waals surface area (Å²) in [7, 11) is -11.2. The molecule has 0 atom stereocenters. The second-order valence-electron chi connectivity index (χ2n) is 9.10. The number of aromatic nitrogens is 2. The fraction of sp³-hybridized carbons (Fsp3) is 0.304. The molecule has 18 nitrogen and oxygen atoms in total. The smallest absolute Gasteiger partial charge is 0.345 e. The number of azo groups is 1. The Morgan fingerprint density at radius 1 is 1.00 bits per heavy atom. The molecular weight excluding hydrogens is 683 g/mol. The molecule has 0 radical (unpaired) electrons. The molecule has 3 aromatic rings. The number of carbonyl (C=O) groups is 1. The van der Waals surface area contributed by atoms with Gasteiger partial charge in [-0.2, -0.15) is 8.42 Å². The molecule has 3 N–H and O–H groups in total. The van der Waals surface area contributed by atoms with Gasteiger partial charge in [0, 0.05) is 20.5 Å². The molecule has 45 heavy (non-hydrogen) atoms. The molecule has 1 heterocycles. The van der Waals surface area contributed by atoms with Gasteiger partial charge < -0.3 is 4.90 Å². The summed E-state index contributed by atoms with van der Waals surface area (Å²) in [5.41, 5.74) is -0.302. The number of sulfone groups is 2. The Balaban J connectivity index is 1.86. The van der Waals surface area contributed by atoms with Crippen LogP contribution in [-0.4, -0.2) is 87.4 Å². The van der Waals surface area contributed by atoms with Gasteiger partial charge in [-0.15, -0.1) is 14.6 Å². The van der Waals surface area contributed by atoms with Crippen molar-refractivity contribution in [1.29, 1.82) is 0 Å². The van der Waals surface area contributed by atoms with Gasteiger partial charge in [0.25, 0.3) is 5.56 Å². The summed E-state index contributed by atoms with van der Waals surface area (Å²) >= 11 is 0.416. The number of carbonyl (C=O) groups excluding carboxylic acids is 1. The van der Waals surface area contributed by atoms with E-state index < -0.39 is 48.0 Å². The quantitative estimate of drug-likeness (QED) is 0.0672. The van der Waals surface area contributed by atoms with Crippen LogP contribution in [0, 0.1) is 6.92 Å². The molecule has 2 aromatic carbocycles. The molecule has 0 unspecified atom stereocenters. The molecule has 1 aromatic heterocycles. The number of amides is 1. The van der Waals surface area contributed by atoms with Crippen molar-refractivity contribution in [3.05, 3.63) is 58.5 Å². The van der Waals surface area contributed by atoms with Crippen LogP contribution >= 0.6 is 12.0 Å². The number of aromatic amines is 1. The number of nitrogens with one attached hydrogen (secondary N) is 1. The lowest BCUT2D eigenvalue weighted by Gasteiger charge is -2.15. The average molecular weight is 710 g/mol. The Bertz CT molecular complexity index is 1950. The maximum Gasteiger partial charge on any atom is 0.397 e. The van der Waals surface area contributed by atoms with Gasteiger partial charge in [-0.3, -0.25) is 19.2 Å². The molecule has 22 heteroatoms. The molecule has 0 spiro atoms. The first-order valence-corrected chi connectivity index (χ1v) is 17.8. The zero-order valence-corrected chi connectivity index (χ0v) is 26.9. The Labute approximate surface area is 261 Å². The number of H-pyrrole nitrogens is 1. The van der Waals surface area contributed by atoms with Crippen LogP contribution in [0.5, 0.6) is 0 Å². The summed E-state index contributed by atoms with van der Waals surface area (Å²) in [6.07, 6.45) is 0. The Morgan fingerprint density at radius 2 is 1.62 bits per heavy atom. The van der Waals surface area contributed by atoms with Crippen molar-refractivity contribution in [3.8, 4) is 5.69 Å². The summed E-state index contributed by atoms with van der Waals surface area (Å²) < 4.78 is 89.9. The first-order valence-electron chi connectivity index (χ1n) is 12.4. The van der Waals surface area contributed by atoms with E-state index in [0.29, 0.717) is 12.0 Å². The third-order valence-corrected chi connectivity index (χ3v) is 10.5. The zero-order valence-electron chi connectivity index (χ0n) is 23.7. The van der Waals surface area contributed by atoms with E-state index in [4.69, 9.17) is 9.81 Å². The summed E-state index contributed by atoms with van der Waals surface area (Å²) in [4.78, 5) is 25.5. The zero-order chi connectivity index (χ0) is 33.6. The summed E-state index contributed by atoms with van der Waals surface area (Å²) in [6.45, 7) is 1.96. The standard InChI is InChI=1S/C23H27N5O13S4/c1-15-22(23(30)28(26-15)17-4-6-18(7-5-17)44(34,35)13-11-39-45(36,37)38)25-24-20-9-8-19(14-21(20)42-41-40-31)43(32,33)12-10-27(3)16(2)29/h4-9,14,26,31H,10-13H2,1-3H3,(H,36,37,38). The van der Waals surface area contributed by atoms with Gasteiger partial charge in [0.1, 0.15) is 5.69 Å². The highest BCUT2D eigenvalue weighted by atomic mass is 32.3. The van der Waals surface area contributed by atoms with E-state index in [1.807, 2.05) is 0 Å². The van der Waals surface area contributed by atoms with Crippen molar-refractivity contribution in [1.82, 2.24) is 14.7 Å². The van der Waals surface area contributed by atoms with Crippen molar-refractivity contribution < 1.29 is 53.4 Å². The molecule has 246 valence electrons. The fourth-order valence-electron chi connectivity index (χ4n) is 3.53. The van der Waals surface area contributed by atoms with Crippen LogP contribution < -0.4 is 5.56 Å². The lowest BCUT2D eigenvalue weighted by atomic mass is 10.3. The first-order chi connectivity index (χ1) is 20.9. The average Bonchev–Trinajstić information content (AvgIpc) is 3.25. The number of hydrogen-bond donors (Lipinski definition) is 3. The highest BCUT2D eigenvalue weighted by Gasteiger charge is 2.20. The Morgan fingerprint density at radius 3 is 2.22 bits per heavy atom. The van der Waals surface area contributed by atoms with E-state index in [1.165, 1.54) is 68.3 Å². The van der Waals surface area contributed by atoms with Crippen LogP contribution in [0.2, 0.25) is 0 Å². The molecular formula is C23H27N5O13S4. The van der Waals surface area contributed by atoms with Crippen molar-refractivity contribution in [2.24, 2.45) is 10.2 Å². The summed E-state index contributed by atoms with van der Waals surface area (Å²) in [5.74, 6) is -1.42. The van der Waals surface area contributed by atoms with E-state index in [1.54, 1.807) is 0 Å². The minimum absolute atomic E-state index is 0.0379. The van der Waals surface area contributed by atoms with Gasteiger partial charge in [-0.05, 0) is 49.4 Å². The van der Waals surface area contributed by atoms with Crippen LogP contribution in [0.25, 0.3) is 5.69 Å². The third kappa shape index (κ3) is 9.75. The normalized spacial score (nSPS) is 12.6. The molecule has 1 amide bonds. The molecule has 0 aliphatic rings. The molecule has 0 bridgehead atoms. The predicted octanol–water partition coefficient (Wildman–Crippen LogP) is 2.16. The van der Waals surface area contributed by atoms with E-state index >= 15 is 0 Å². The van der Waals surface area contributed by atoms with Gasteiger partial charge in [0.15, 0.2) is 25.4 Å². The van der Waals surface area contributed by atoms with Crippen LogP contribution in [0.1, 0.15) is 12.6 Å². The van der Waals surface area contributed by atoms with Crippen molar-refractivity contribution in [2.75, 3.05) is 31.7 Å². The van der Waals surface area contributed by atoms with Gasteiger partial charge in [-0.25, -0.2) is 31.0 Å². The predicted molar refractivity (Wildman–Crippen MR) is 157 cm³/mol. The number of benzene rings is 2. The molecule has 0 fully saturated rings. The van der Waals surface area contributed by atoms with Gasteiger partial charge in [0.05, 0.1) is 56.2 Å². The lowest BCUT2D eigenvalue weighted by molar-refractivity contribution is -0.432. The minimum Gasteiger partial charge on any atom is -0.345 e. The van der Waals surface area contributed by atoms with E-state index in [0.717, 1.165) is 4.68 Å². The maximum absolute atomic E-state index is 13.1. The number of hydrogen-bond acceptors (Lipinski definition) is 15. The lowest BCUT2D eigenvalue weighted by Crippen LogP contribution is -2.29. The maximum atomic E-state index is 13.1. The molecule has 0 aliphatic heterocycles. The van der Waals surface area contributed by atoms with Crippen molar-refractivity contribution in [2.45, 2.75) is 28.5 Å². The van der Waals surface area contributed by atoms with Crippen LogP contribution in [0.4, 0.5) is 11.4 Å². The minimum atomic E-state index is -4.80. The Hall–Kier alpha value is -3.48. The summed E-state index contributed by atoms with van der Waals surface area (Å²) in [6, 6.07) is 8.70. The van der Waals surface area contributed by atoms with Crippen LogP contribution in [0.3, 0.4) is 0 Å². The second kappa shape index (κ2) is 14.7. The number of aryl methyl sites for hydroxylation is 1. The van der Waals surface area contributed by atoms with E-state index in [-0.39, 0.29) is 55.6 Å². The Kier molecular flexibility index (Phi) is 11.8. The second-order valence-corrected chi connectivity index (χ2v) is 15.2. The van der Waals surface area contributed by atoms with Gasteiger partial charge >= 0.3 is 10.4 Å². The van der Waals surface area contributed by atoms with E-state index in [2.05, 4.69) is 28.9 Å². The van der Waals surface area contributed by atoms with E-state index in [9.17, 15) is 34.8 Å². The van der Waals surface area contributed by atoms with Gasteiger partial charge in [0.2, 0.25) is 5.91 Å². The monoisotopic (exact) mass is 709 g/mol. The van der Waals surface area contributed by atoms with Crippen LogP contribution in [0.15, 0.2) is 72.2 Å². The third-order valence-electron chi connectivity index (χ3n) is 6.01. The molecule has 0 aliphatic carbocycles. The van der Waals surface area contributed by atoms with Crippen LogP contribution in [-0.2, 0) is 48.4 Å². The van der Waals surface area contributed by atoms with Crippen molar-refractivity contribution >= 4 is 59.4 Å². The number of rotatable bonds is 15. The number of nitrogens with zero attached hydrogens (tertiary/aromatic N) is 4. The SMILES string of the molecule is CC(=O)N(C)CCS(=O)(=O)c1ccc(N=Nc2c(C)[nH]n(-c3ccc(S(=O)(=O)CCOS(=O)(=O)O)cc3)c2=O)c(SOOO)c1. The fourth-order valence-corrected chi connectivity index (χ4v) is 6.89. The largest absolute Gasteiger partial charge is 0.397 e. The van der Waals surface area contributed by atoms with Crippen molar-refractivity contribution in [3.63, 3.8) is 0 Å².